The van der Waals surface area contributed by atoms with Crippen LogP contribution in [0.5, 0.6) is 0 Å². The molecule has 2 aliphatic rings. The summed E-state index contributed by atoms with van der Waals surface area (Å²) in [6, 6.07) is 31.2. The van der Waals surface area contributed by atoms with E-state index in [-0.39, 0.29) is 5.41 Å². The monoisotopic (exact) mass is 450 g/mol. The molecule has 0 unspecified atom stereocenters. The van der Waals surface area contributed by atoms with Crippen molar-refractivity contribution in [1.29, 1.82) is 0 Å². The van der Waals surface area contributed by atoms with Gasteiger partial charge in [-0.05, 0) is 56.9 Å². The highest BCUT2D eigenvalue weighted by Crippen LogP contribution is 2.64. The molecule has 0 amide bonds. The second-order valence-electron chi connectivity index (χ2n) is 8.06. The second-order valence-corrected chi connectivity index (χ2v) is 11.5. The van der Waals surface area contributed by atoms with E-state index in [9.17, 15) is 0 Å². The Morgan fingerprint density at radius 3 is 1.26 bits per heavy atom. The van der Waals surface area contributed by atoms with Gasteiger partial charge in [-0.1, -0.05) is 72.8 Å². The summed E-state index contributed by atoms with van der Waals surface area (Å²) in [6.45, 7) is 0. The molecular weight excluding hydrogens is 436 g/mol. The lowest BCUT2D eigenvalue weighted by Gasteiger charge is -2.31. The summed E-state index contributed by atoms with van der Waals surface area (Å²) in [7, 11) is 0. The van der Waals surface area contributed by atoms with E-state index in [1.165, 1.54) is 55.9 Å². The van der Waals surface area contributed by atoms with Crippen molar-refractivity contribution in [2.75, 3.05) is 5.73 Å². The molecule has 0 fully saturated rings. The van der Waals surface area contributed by atoms with E-state index in [4.69, 9.17) is 0 Å². The maximum absolute atomic E-state index is 2.79. The van der Waals surface area contributed by atoms with Crippen molar-refractivity contribution < 1.29 is 0 Å². The number of nitrogens with zero attached hydrogens (tertiary/aromatic N) is 2. The van der Waals surface area contributed by atoms with Gasteiger partial charge in [0.1, 0.15) is 0 Å². The number of fused-ring (bicyclic) bond motifs is 10. The molecule has 2 aliphatic carbocycles. The normalized spacial score (nSPS) is 13.9. The van der Waals surface area contributed by atoms with Gasteiger partial charge in [0.2, 0.25) is 0 Å². The van der Waals surface area contributed by atoms with Crippen LogP contribution in [0.25, 0.3) is 22.3 Å². The Bertz CT molecular complexity index is 1260. The van der Waals surface area contributed by atoms with Gasteiger partial charge in [-0.25, -0.2) is 0 Å². The molecule has 4 aromatic carbocycles. The van der Waals surface area contributed by atoms with Crippen molar-refractivity contribution in [3.63, 3.8) is 0 Å². The van der Waals surface area contributed by atoms with Gasteiger partial charge in [0, 0.05) is 11.1 Å². The van der Waals surface area contributed by atoms with Gasteiger partial charge in [-0.3, -0.25) is 0 Å². The Hall–Kier alpha value is -1.39. The maximum Gasteiger partial charge on any atom is 0.277 e. The highest BCUT2D eigenvalue weighted by molar-refractivity contribution is 6.43. The van der Waals surface area contributed by atoms with Crippen LogP contribution in [-0.4, -0.2) is 66.0 Å². The van der Waals surface area contributed by atoms with Crippen LogP contribution in [0.4, 0.5) is 11.4 Å². The third kappa shape index (κ3) is 2.58. The fourth-order valence-corrected chi connectivity index (χ4v) is 6.49. The first kappa shape index (κ1) is 20.2. The third-order valence-electron chi connectivity index (χ3n) is 6.65. The molecule has 0 saturated heterocycles. The Labute approximate surface area is 216 Å². The minimum atomic E-state index is -0.319. The van der Waals surface area contributed by atoms with Crippen LogP contribution in [0, 0.1) is 0 Å². The zero-order valence-corrected chi connectivity index (χ0v) is 21.4. The quantitative estimate of drug-likeness (QED) is 0.369. The molecule has 136 valence electrons. The third-order valence-corrected chi connectivity index (χ3v) is 7.76. The molecule has 1 spiro atoms. The molecule has 6 rings (SSSR count). The van der Waals surface area contributed by atoms with Crippen LogP contribution in [-0.2, 0) is 5.41 Å². The predicted molar refractivity (Wildman–Crippen MR) is 131 cm³/mol. The van der Waals surface area contributed by atoms with Crippen molar-refractivity contribution in [1.82, 2.24) is 0 Å². The molecule has 0 aliphatic heterocycles. The number of hydrogen-bond acceptors (Lipinski definition) is 2. The summed E-state index contributed by atoms with van der Waals surface area (Å²) in [4.78, 5) is 0. The molecule has 31 heavy (non-hydrogen) atoms. The summed E-state index contributed by atoms with van der Waals surface area (Å²) in [5, 5.41) is 0. The molecular formula is C25H14Al4N2. The summed E-state index contributed by atoms with van der Waals surface area (Å²) in [6.07, 6.45) is 0. The topological polar surface area (TPSA) is 6.48 Å². The number of anilines is 2. The first-order chi connectivity index (χ1) is 15.1. The number of hydrogen-bond donors (Lipinski definition) is 0. The van der Waals surface area contributed by atoms with Gasteiger partial charge in [-0.2, -0.15) is 0 Å². The van der Waals surface area contributed by atoms with E-state index in [0.29, 0.717) is 0 Å². The van der Waals surface area contributed by atoms with E-state index in [0.717, 1.165) is 0 Å². The highest BCUT2D eigenvalue weighted by atomic mass is 27.1. The molecule has 2 nitrogen and oxygen atoms in total. The number of rotatable bonds is 2. The van der Waals surface area contributed by atoms with Crippen molar-refractivity contribution in [2.45, 2.75) is 5.41 Å². The average Bonchev–Trinajstić information content (AvgIpc) is 3.26. The molecule has 4 aromatic rings. The van der Waals surface area contributed by atoms with E-state index in [1.807, 2.05) is 0 Å². The Balaban J connectivity index is 1.85. The first-order valence-electron chi connectivity index (χ1n) is 10.1. The van der Waals surface area contributed by atoms with E-state index in [2.05, 4.69) is 157 Å². The molecule has 8 radical (unpaired) electrons. The van der Waals surface area contributed by atoms with Crippen molar-refractivity contribution in [2.24, 2.45) is 0 Å². The van der Waals surface area contributed by atoms with Crippen molar-refractivity contribution >= 4 is 77.4 Å². The van der Waals surface area contributed by atoms with Gasteiger partial charge >= 0.3 is 0 Å². The predicted octanol–water partition coefficient (Wildman–Crippen LogP) is 3.98. The first-order valence-corrected chi connectivity index (χ1v) is 12.2. The maximum atomic E-state index is 2.79. The van der Waals surface area contributed by atoms with Crippen LogP contribution in [0.2, 0.25) is 0 Å². The largest absolute Gasteiger partial charge is 0.586 e. The summed E-state index contributed by atoms with van der Waals surface area (Å²) in [5.74, 6) is 0. The molecule has 0 saturated carbocycles. The molecule has 0 N–H and O–H groups in total. The molecule has 0 heterocycles. The fraction of sp³-hybridized carbons (Fsp3) is 0.0400. The Kier molecular flexibility index (Phi) is 4.77. The summed E-state index contributed by atoms with van der Waals surface area (Å²) < 4.78 is 4.14. The standard InChI is InChI=1S/C25H14N2.4Al/c26-21-13-5-11-19-23(21)15-7-1-3-9-17(15)25(19)18-10-4-2-8-16(18)24-20(25)12-6-14-22(24)27;;;;/h1-14H;;;;. The van der Waals surface area contributed by atoms with Crippen LogP contribution >= 0.6 is 0 Å². The lowest BCUT2D eigenvalue weighted by atomic mass is 9.70. The smallest absolute Gasteiger partial charge is 0.277 e. The summed E-state index contributed by atoms with van der Waals surface area (Å²) >= 11 is 11.2. The van der Waals surface area contributed by atoms with Gasteiger partial charge < -0.3 is 5.73 Å². The van der Waals surface area contributed by atoms with Gasteiger partial charge in [0.25, 0.3) is 66.0 Å². The van der Waals surface area contributed by atoms with E-state index >= 15 is 0 Å². The lowest BCUT2D eigenvalue weighted by Crippen LogP contribution is -2.26. The molecule has 0 bridgehead atoms. The minimum absolute atomic E-state index is 0.319. The zero-order chi connectivity index (χ0) is 21.3. The Morgan fingerprint density at radius 1 is 0.452 bits per heavy atom. The van der Waals surface area contributed by atoms with Crippen LogP contribution in [0.1, 0.15) is 22.3 Å². The van der Waals surface area contributed by atoms with E-state index in [1.54, 1.807) is 0 Å². The SMILES string of the molecule is [Al][N]([Al])c1cccc2c1-c1ccccc1C21c2ccccc2-c2c([N]([Al])[Al])cccc21. The Morgan fingerprint density at radius 2 is 0.839 bits per heavy atom. The molecule has 0 aromatic heterocycles. The van der Waals surface area contributed by atoms with E-state index < -0.39 is 0 Å². The lowest BCUT2D eigenvalue weighted by molar-refractivity contribution is 0.794. The van der Waals surface area contributed by atoms with Crippen LogP contribution in [0.3, 0.4) is 0 Å². The van der Waals surface area contributed by atoms with Gasteiger partial charge in [0.15, 0.2) is 0 Å². The summed E-state index contributed by atoms with van der Waals surface area (Å²) in [5.41, 5.74) is 12.7. The van der Waals surface area contributed by atoms with Crippen LogP contribution in [0.15, 0.2) is 84.9 Å². The van der Waals surface area contributed by atoms with Gasteiger partial charge in [0.05, 0.1) is 5.41 Å². The molecule has 6 heteroatoms. The van der Waals surface area contributed by atoms with Crippen molar-refractivity contribution in [3.8, 4) is 22.3 Å². The average molecular weight is 450 g/mol. The minimum Gasteiger partial charge on any atom is -0.586 e. The zero-order valence-electron chi connectivity index (χ0n) is 16.8. The van der Waals surface area contributed by atoms with Gasteiger partial charge in [-0.15, -0.1) is 0 Å². The highest BCUT2D eigenvalue weighted by Gasteiger charge is 2.52. The fourth-order valence-electron chi connectivity index (χ4n) is 5.63. The van der Waals surface area contributed by atoms with Crippen molar-refractivity contribution in [3.05, 3.63) is 107 Å². The number of benzene rings is 4. The second kappa shape index (κ2) is 7.31. The van der Waals surface area contributed by atoms with Crippen LogP contribution < -0.4 is 5.73 Å². The molecule has 0 atom stereocenters.